The molecule has 1 N–H and O–H groups in total. The smallest absolute Gasteiger partial charge is 0.347 e. The highest BCUT2D eigenvalue weighted by Crippen LogP contribution is 2.40. The van der Waals surface area contributed by atoms with Gasteiger partial charge in [0.2, 0.25) is 0 Å². The van der Waals surface area contributed by atoms with Crippen molar-refractivity contribution in [2.45, 2.75) is 65.1 Å². The molecule has 1 heterocycles. The quantitative estimate of drug-likeness (QED) is 0.377. The van der Waals surface area contributed by atoms with E-state index in [1.54, 1.807) is 31.4 Å². The topological polar surface area (TPSA) is 57.8 Å². The predicted molar refractivity (Wildman–Crippen MR) is 131 cm³/mol. The van der Waals surface area contributed by atoms with Crippen molar-refractivity contribution in [2.75, 3.05) is 0 Å². The molecule has 2 aromatic carbocycles. The summed E-state index contributed by atoms with van der Waals surface area (Å²) in [5.41, 5.74) is 0.758. The third kappa shape index (κ3) is 5.93. The van der Waals surface area contributed by atoms with Crippen LogP contribution in [0.3, 0.4) is 0 Å². The largest absolute Gasteiger partial charge is 0.408 e. The molecule has 0 saturated carbocycles. The first kappa shape index (κ1) is 26.9. The van der Waals surface area contributed by atoms with Crippen LogP contribution in [0, 0.1) is 22.6 Å². The molecule has 0 aliphatic heterocycles. The number of aromatic nitrogens is 1. The number of halogens is 4. The molecule has 0 radical (unpaired) electrons. The van der Waals surface area contributed by atoms with E-state index < -0.39 is 33.8 Å². The minimum absolute atomic E-state index is 0.0602. The molecule has 0 fully saturated rings. The van der Waals surface area contributed by atoms with E-state index in [2.05, 4.69) is 4.72 Å². The fraction of sp³-hybridized carbons (Fsp3) is 0.423. The normalized spacial score (nSPS) is 14.7. The van der Waals surface area contributed by atoms with Gasteiger partial charge in [0.05, 0.1) is 27.4 Å². The van der Waals surface area contributed by atoms with Gasteiger partial charge in [-0.25, -0.2) is 13.3 Å². The number of alkyl halides is 3. The summed E-state index contributed by atoms with van der Waals surface area (Å²) in [5.74, 6) is -0.590. The lowest BCUT2D eigenvalue weighted by Crippen LogP contribution is -2.41. The second-order valence-electron chi connectivity index (χ2n) is 10.8. The fourth-order valence-corrected chi connectivity index (χ4v) is 4.68. The molecule has 0 amide bonds. The zero-order valence-corrected chi connectivity index (χ0v) is 21.4. The molecule has 35 heavy (non-hydrogen) atoms. The molecule has 1 aromatic heterocycles. The number of rotatable bonds is 5. The van der Waals surface area contributed by atoms with Crippen molar-refractivity contribution in [1.82, 2.24) is 9.29 Å². The lowest BCUT2D eigenvalue weighted by atomic mass is 9.96. The van der Waals surface area contributed by atoms with Crippen LogP contribution in [0.2, 0.25) is 0 Å². The average Bonchev–Trinajstić information content (AvgIpc) is 3.05. The zero-order valence-electron chi connectivity index (χ0n) is 20.5. The van der Waals surface area contributed by atoms with Crippen LogP contribution in [0.25, 0.3) is 22.0 Å². The van der Waals surface area contributed by atoms with Gasteiger partial charge in [-0.1, -0.05) is 39.0 Å². The number of hydrogen-bond donors (Lipinski definition) is 1. The van der Waals surface area contributed by atoms with E-state index in [4.69, 9.17) is 0 Å². The summed E-state index contributed by atoms with van der Waals surface area (Å²) >= 11 is 0. The molecule has 188 valence electrons. The van der Waals surface area contributed by atoms with Crippen LogP contribution in [0.1, 0.15) is 58.7 Å². The van der Waals surface area contributed by atoms with Gasteiger partial charge in [-0.05, 0) is 49.9 Å². The molecule has 0 aliphatic rings. The highest BCUT2D eigenvalue weighted by atomic mass is 32.2. The molecule has 0 unspecified atom stereocenters. The molecule has 2 atom stereocenters. The summed E-state index contributed by atoms with van der Waals surface area (Å²) in [5, 5.41) is 9.77. The molecule has 0 spiro atoms. The van der Waals surface area contributed by atoms with Gasteiger partial charge in [0, 0.05) is 34.8 Å². The number of benzene rings is 2. The second kappa shape index (κ2) is 9.40. The Morgan fingerprint density at radius 1 is 1.09 bits per heavy atom. The van der Waals surface area contributed by atoms with Gasteiger partial charge in [-0.3, -0.25) is 0 Å². The van der Waals surface area contributed by atoms with Crippen LogP contribution in [0.5, 0.6) is 0 Å². The van der Waals surface area contributed by atoms with Crippen molar-refractivity contribution in [1.29, 1.82) is 5.26 Å². The molecule has 0 aliphatic carbocycles. The van der Waals surface area contributed by atoms with Crippen LogP contribution in [-0.4, -0.2) is 19.7 Å². The number of fused-ring (bicyclic) bond motifs is 1. The highest BCUT2D eigenvalue weighted by Gasteiger charge is 2.44. The van der Waals surface area contributed by atoms with E-state index in [9.17, 15) is 27.0 Å². The van der Waals surface area contributed by atoms with E-state index in [0.717, 1.165) is 0 Å². The predicted octanol–water partition coefficient (Wildman–Crippen LogP) is 7.02. The van der Waals surface area contributed by atoms with Gasteiger partial charge >= 0.3 is 6.18 Å². The van der Waals surface area contributed by atoms with Crippen LogP contribution in [0.15, 0.2) is 42.6 Å². The monoisotopic (exact) mass is 507 g/mol. The summed E-state index contributed by atoms with van der Waals surface area (Å²) in [6.07, 6.45) is -3.28. The highest BCUT2D eigenvalue weighted by molar-refractivity contribution is 7.84. The Morgan fingerprint density at radius 3 is 2.29 bits per heavy atom. The molecule has 0 bridgehead atoms. The lowest BCUT2D eigenvalue weighted by molar-refractivity contribution is -0.152. The van der Waals surface area contributed by atoms with Gasteiger partial charge in [-0.15, -0.1) is 0 Å². The van der Waals surface area contributed by atoms with Crippen molar-refractivity contribution in [2.24, 2.45) is 5.41 Å². The number of nitrogens with one attached hydrogen (secondary N) is 1. The molecular formula is C26H29F4N3OS. The summed E-state index contributed by atoms with van der Waals surface area (Å²) in [6.45, 7) is 11.1. The Bertz CT molecular complexity index is 1310. The summed E-state index contributed by atoms with van der Waals surface area (Å²) in [7, 11) is -1.97. The van der Waals surface area contributed by atoms with Crippen LogP contribution in [0.4, 0.5) is 17.6 Å². The van der Waals surface area contributed by atoms with Crippen LogP contribution < -0.4 is 4.72 Å². The van der Waals surface area contributed by atoms with Gasteiger partial charge in [-0.2, -0.15) is 18.4 Å². The van der Waals surface area contributed by atoms with Crippen molar-refractivity contribution < 1.29 is 21.8 Å². The standard InChI is InChI=1S/C26H29F4N3OS/c1-24(2,3)15-33-14-19(23(26(28,29)30)32-35(34)25(4,5)6)18-11-10-16(12-21(18)33)22-17(13-31)8-7-9-20(22)27/h7-12,14,23,32H,15H2,1-6H3/t23-,35-/m0/s1. The van der Waals surface area contributed by atoms with Crippen molar-refractivity contribution in [3.05, 3.63) is 59.5 Å². The van der Waals surface area contributed by atoms with Gasteiger partial charge < -0.3 is 4.57 Å². The zero-order chi connectivity index (χ0) is 26.3. The van der Waals surface area contributed by atoms with Gasteiger partial charge in [0.15, 0.2) is 0 Å². The number of nitriles is 1. The minimum atomic E-state index is -4.71. The minimum Gasteiger partial charge on any atom is -0.347 e. The van der Waals surface area contributed by atoms with Crippen molar-refractivity contribution in [3.8, 4) is 17.2 Å². The first-order valence-electron chi connectivity index (χ1n) is 11.1. The maximum Gasteiger partial charge on any atom is 0.408 e. The summed E-state index contributed by atoms with van der Waals surface area (Å²) in [6, 6.07) is 8.61. The maximum atomic E-state index is 14.7. The van der Waals surface area contributed by atoms with E-state index in [0.29, 0.717) is 23.0 Å². The molecule has 3 rings (SSSR count). The third-order valence-electron chi connectivity index (χ3n) is 5.40. The second-order valence-corrected chi connectivity index (χ2v) is 12.8. The Kier molecular flexibility index (Phi) is 7.22. The van der Waals surface area contributed by atoms with Crippen LogP contribution in [-0.2, 0) is 17.5 Å². The van der Waals surface area contributed by atoms with E-state index in [1.165, 1.54) is 36.5 Å². The lowest BCUT2D eigenvalue weighted by Gasteiger charge is -2.26. The first-order chi connectivity index (χ1) is 16.0. The van der Waals surface area contributed by atoms with E-state index >= 15 is 0 Å². The number of nitrogens with zero attached hydrogens (tertiary/aromatic N) is 2. The Morgan fingerprint density at radius 2 is 1.74 bits per heavy atom. The van der Waals surface area contributed by atoms with Crippen molar-refractivity contribution >= 4 is 21.9 Å². The van der Waals surface area contributed by atoms with Crippen molar-refractivity contribution in [3.63, 3.8) is 0 Å². The first-order valence-corrected chi connectivity index (χ1v) is 12.2. The van der Waals surface area contributed by atoms with Crippen LogP contribution >= 0.6 is 0 Å². The Hall–Kier alpha value is -2.70. The summed E-state index contributed by atoms with van der Waals surface area (Å²) in [4.78, 5) is 0. The van der Waals surface area contributed by atoms with E-state index in [-0.39, 0.29) is 22.1 Å². The fourth-order valence-electron chi connectivity index (χ4n) is 3.85. The number of hydrogen-bond acceptors (Lipinski definition) is 2. The Labute approximate surface area is 205 Å². The van der Waals surface area contributed by atoms with E-state index in [1.807, 2.05) is 26.8 Å². The van der Waals surface area contributed by atoms with Gasteiger partial charge in [0.25, 0.3) is 0 Å². The maximum absolute atomic E-state index is 14.7. The molecule has 4 nitrogen and oxygen atoms in total. The molecule has 3 aromatic rings. The molecule has 9 heteroatoms. The third-order valence-corrected chi connectivity index (χ3v) is 6.96. The summed E-state index contributed by atoms with van der Waals surface area (Å²) < 4.78 is 73.1. The Balaban J connectivity index is 2.28. The SMILES string of the molecule is CC(C)(C)Cn1cc([C@H](N[S@@](=O)C(C)(C)C)C(F)(F)F)c2ccc(-c3c(F)cccc3C#N)cc21. The average molecular weight is 508 g/mol. The molecule has 0 saturated heterocycles. The van der Waals surface area contributed by atoms with Gasteiger partial charge in [0.1, 0.15) is 11.9 Å². The molecular weight excluding hydrogens is 478 g/mol.